The van der Waals surface area contributed by atoms with E-state index in [1.807, 2.05) is 0 Å². The van der Waals surface area contributed by atoms with Crippen molar-refractivity contribution in [3.8, 4) is 0 Å². The molecule has 2 aliphatic rings. The maximum absolute atomic E-state index is 12.4. The Morgan fingerprint density at radius 2 is 2.08 bits per heavy atom. The SMILES string of the molecule is COC1=C(C(=O)OCc2ccc([N+](=O)[O-])cc2)N2C(=O)C(N)[C@H]2SC1.Cl. The lowest BCUT2D eigenvalue weighted by Crippen LogP contribution is -2.68. The fraction of sp³-hybridized carbons (Fsp3) is 0.333. The standard InChI is InChI=1S/C15H15N3O6S.ClH/c1-23-10-7-25-14-11(16)13(19)17(14)12(10)15(20)24-6-8-2-4-9(5-3-8)18(21)22;/h2-5,11,14H,6-7,16H2,1H3;1H/t11?,14-;/m1./s1. The summed E-state index contributed by atoms with van der Waals surface area (Å²) in [4.78, 5) is 35.8. The summed E-state index contributed by atoms with van der Waals surface area (Å²) in [6.45, 7) is -0.0801. The van der Waals surface area contributed by atoms with E-state index in [-0.39, 0.29) is 41.7 Å². The molecule has 0 aromatic heterocycles. The first-order chi connectivity index (χ1) is 11.9. The number of rotatable bonds is 5. The number of carbonyl (C=O) groups is 2. The number of amides is 1. The number of ether oxygens (including phenoxy) is 2. The first kappa shape index (κ1) is 20.0. The lowest BCUT2D eigenvalue weighted by Gasteiger charge is -2.47. The molecule has 0 saturated carbocycles. The van der Waals surface area contributed by atoms with Crippen molar-refractivity contribution in [2.45, 2.75) is 18.0 Å². The molecule has 1 aromatic rings. The summed E-state index contributed by atoms with van der Waals surface area (Å²) in [7, 11) is 1.42. The molecule has 1 amide bonds. The van der Waals surface area contributed by atoms with E-state index in [1.54, 1.807) is 0 Å². The number of halogens is 1. The zero-order valence-corrected chi connectivity index (χ0v) is 15.2. The van der Waals surface area contributed by atoms with Crippen LogP contribution in [0.1, 0.15) is 5.56 Å². The Hall–Kier alpha value is -2.30. The molecule has 26 heavy (non-hydrogen) atoms. The highest BCUT2D eigenvalue weighted by molar-refractivity contribution is 8.00. The minimum absolute atomic E-state index is 0. The van der Waals surface area contributed by atoms with Gasteiger partial charge in [0, 0.05) is 12.1 Å². The summed E-state index contributed by atoms with van der Waals surface area (Å²) >= 11 is 1.42. The van der Waals surface area contributed by atoms with E-state index in [9.17, 15) is 19.7 Å². The monoisotopic (exact) mass is 401 g/mol. The van der Waals surface area contributed by atoms with Crippen molar-refractivity contribution in [1.82, 2.24) is 4.90 Å². The number of hydrogen-bond donors (Lipinski definition) is 1. The van der Waals surface area contributed by atoms with E-state index in [2.05, 4.69) is 0 Å². The number of β-lactam (4-membered cyclic amide) rings is 1. The molecule has 3 rings (SSSR count). The highest BCUT2D eigenvalue weighted by atomic mass is 35.5. The third-order valence-corrected chi connectivity index (χ3v) is 5.21. The fourth-order valence-corrected chi connectivity index (χ4v) is 3.82. The molecule has 0 spiro atoms. The lowest BCUT2D eigenvalue weighted by atomic mass is 10.1. The topological polar surface area (TPSA) is 125 Å². The number of benzene rings is 1. The van der Waals surface area contributed by atoms with Gasteiger partial charge in [-0.3, -0.25) is 19.8 Å². The van der Waals surface area contributed by atoms with Gasteiger partial charge < -0.3 is 15.2 Å². The maximum Gasteiger partial charge on any atom is 0.358 e. The number of nitro benzene ring substituents is 1. The normalized spacial score (nSPS) is 21.3. The van der Waals surface area contributed by atoms with Gasteiger partial charge in [-0.05, 0) is 17.7 Å². The molecule has 1 fully saturated rings. The Labute approximate surface area is 159 Å². The van der Waals surface area contributed by atoms with E-state index in [4.69, 9.17) is 15.2 Å². The number of fused-ring (bicyclic) bond motifs is 1. The van der Waals surface area contributed by atoms with Crippen molar-refractivity contribution in [3.63, 3.8) is 0 Å². The summed E-state index contributed by atoms with van der Waals surface area (Å²) in [6.07, 6.45) is 0. The number of nitrogens with zero attached hydrogens (tertiary/aromatic N) is 2. The highest BCUT2D eigenvalue weighted by Crippen LogP contribution is 2.39. The van der Waals surface area contributed by atoms with Gasteiger partial charge in [0.05, 0.1) is 17.8 Å². The predicted octanol–water partition coefficient (Wildman–Crippen LogP) is 1.16. The Kier molecular flexibility index (Phi) is 6.11. The molecule has 2 aliphatic heterocycles. The second-order valence-electron chi connectivity index (χ2n) is 5.41. The van der Waals surface area contributed by atoms with Crippen molar-refractivity contribution >= 4 is 41.7 Å². The molecule has 11 heteroatoms. The quantitative estimate of drug-likeness (QED) is 0.337. The van der Waals surface area contributed by atoms with Gasteiger partial charge in [0.1, 0.15) is 23.8 Å². The van der Waals surface area contributed by atoms with Crippen LogP contribution >= 0.6 is 24.2 Å². The van der Waals surface area contributed by atoms with Crippen LogP contribution in [-0.2, 0) is 25.7 Å². The van der Waals surface area contributed by atoms with Gasteiger partial charge in [-0.2, -0.15) is 0 Å². The molecule has 0 aliphatic carbocycles. The van der Waals surface area contributed by atoms with Crippen LogP contribution in [0.2, 0.25) is 0 Å². The van der Waals surface area contributed by atoms with E-state index in [0.29, 0.717) is 17.1 Å². The number of non-ortho nitro benzene ring substituents is 1. The number of methoxy groups -OCH3 is 1. The first-order valence-corrected chi connectivity index (χ1v) is 8.36. The molecule has 1 saturated heterocycles. The second kappa shape index (κ2) is 7.94. The molecule has 2 atom stereocenters. The van der Waals surface area contributed by atoms with Crippen LogP contribution in [0.15, 0.2) is 35.7 Å². The zero-order valence-electron chi connectivity index (χ0n) is 13.6. The Morgan fingerprint density at radius 1 is 1.42 bits per heavy atom. The molecule has 0 bridgehead atoms. The van der Waals surface area contributed by atoms with Gasteiger partial charge in [0.2, 0.25) is 5.91 Å². The molecule has 1 unspecified atom stereocenters. The van der Waals surface area contributed by atoms with Crippen LogP contribution in [0, 0.1) is 10.1 Å². The van der Waals surface area contributed by atoms with E-state index < -0.39 is 16.9 Å². The molecule has 9 nitrogen and oxygen atoms in total. The average molecular weight is 402 g/mol. The van der Waals surface area contributed by atoms with Crippen LogP contribution < -0.4 is 5.73 Å². The second-order valence-corrected chi connectivity index (χ2v) is 6.52. The number of nitro groups is 1. The summed E-state index contributed by atoms with van der Waals surface area (Å²) in [5, 5.41) is 10.3. The van der Waals surface area contributed by atoms with Gasteiger partial charge in [-0.15, -0.1) is 24.2 Å². The molecule has 2 N–H and O–H groups in total. The third kappa shape index (κ3) is 3.48. The molecule has 1 aromatic carbocycles. The lowest BCUT2D eigenvalue weighted by molar-refractivity contribution is -0.384. The van der Waals surface area contributed by atoms with Crippen LogP contribution in [0.25, 0.3) is 0 Å². The summed E-state index contributed by atoms with van der Waals surface area (Å²) in [5.74, 6) is -0.273. The summed E-state index contributed by atoms with van der Waals surface area (Å²) in [6, 6.07) is 5.02. The number of esters is 1. The average Bonchev–Trinajstić information content (AvgIpc) is 2.64. The summed E-state index contributed by atoms with van der Waals surface area (Å²) in [5.41, 5.74) is 6.36. The maximum atomic E-state index is 12.4. The largest absolute Gasteiger partial charge is 0.498 e. The third-order valence-electron chi connectivity index (χ3n) is 3.93. The predicted molar refractivity (Wildman–Crippen MR) is 95.2 cm³/mol. The van der Waals surface area contributed by atoms with Crippen molar-refractivity contribution < 1.29 is 24.0 Å². The fourth-order valence-electron chi connectivity index (χ4n) is 2.56. The molecular formula is C15H16ClN3O6S. The highest BCUT2D eigenvalue weighted by Gasteiger charge is 2.52. The van der Waals surface area contributed by atoms with Crippen molar-refractivity contribution in [2.24, 2.45) is 5.73 Å². The Morgan fingerprint density at radius 3 is 2.65 bits per heavy atom. The first-order valence-electron chi connectivity index (χ1n) is 7.32. The number of hydrogen-bond acceptors (Lipinski definition) is 8. The van der Waals surface area contributed by atoms with Crippen molar-refractivity contribution in [2.75, 3.05) is 12.9 Å². The van der Waals surface area contributed by atoms with Gasteiger partial charge in [-0.1, -0.05) is 0 Å². The van der Waals surface area contributed by atoms with Gasteiger partial charge in [0.15, 0.2) is 5.70 Å². The number of thioether (sulfide) groups is 1. The number of carbonyl (C=O) groups excluding carboxylic acids is 2. The van der Waals surface area contributed by atoms with Gasteiger partial charge in [0.25, 0.3) is 5.69 Å². The van der Waals surface area contributed by atoms with E-state index in [0.717, 1.165) is 0 Å². The Bertz CT molecular complexity index is 769. The zero-order chi connectivity index (χ0) is 18.1. The minimum Gasteiger partial charge on any atom is -0.498 e. The van der Waals surface area contributed by atoms with Crippen LogP contribution in [-0.4, -0.2) is 46.0 Å². The molecule has 2 heterocycles. The van der Waals surface area contributed by atoms with E-state index >= 15 is 0 Å². The van der Waals surface area contributed by atoms with Crippen LogP contribution in [0.5, 0.6) is 0 Å². The van der Waals surface area contributed by atoms with Crippen molar-refractivity contribution in [1.29, 1.82) is 0 Å². The van der Waals surface area contributed by atoms with Crippen molar-refractivity contribution in [3.05, 3.63) is 51.4 Å². The molecule has 0 radical (unpaired) electrons. The number of nitrogens with two attached hydrogens (primary N) is 1. The van der Waals surface area contributed by atoms with Gasteiger partial charge >= 0.3 is 5.97 Å². The van der Waals surface area contributed by atoms with Gasteiger partial charge in [-0.25, -0.2) is 4.79 Å². The molecular weight excluding hydrogens is 386 g/mol. The Balaban J connectivity index is 0.00000243. The minimum atomic E-state index is -0.694. The summed E-state index contributed by atoms with van der Waals surface area (Å²) < 4.78 is 10.4. The van der Waals surface area contributed by atoms with Crippen LogP contribution in [0.4, 0.5) is 5.69 Å². The van der Waals surface area contributed by atoms with Crippen LogP contribution in [0.3, 0.4) is 0 Å². The molecule has 140 valence electrons. The van der Waals surface area contributed by atoms with E-state index in [1.165, 1.54) is 48.0 Å². The smallest absolute Gasteiger partial charge is 0.358 e.